The molecule has 7 nitrogen and oxygen atoms in total. The van der Waals surface area contributed by atoms with Crippen LogP contribution in [0.2, 0.25) is 0 Å². The highest BCUT2D eigenvalue weighted by Crippen LogP contribution is 2.38. The number of amides is 1. The minimum atomic E-state index is -0.464. The van der Waals surface area contributed by atoms with Crippen molar-refractivity contribution in [3.05, 3.63) is 59.2 Å². The number of carbonyl (C=O) groups excluding carboxylic acids is 1. The lowest BCUT2D eigenvalue weighted by atomic mass is 10.1. The number of hydrogen-bond acceptors (Lipinski definition) is 5. The highest BCUT2D eigenvalue weighted by Gasteiger charge is 2.15. The highest BCUT2D eigenvalue weighted by atomic mass is 19.1. The number of carbonyl (C=O) groups is 1. The first-order valence-electron chi connectivity index (χ1n) is 9.78. The van der Waals surface area contributed by atoms with Crippen LogP contribution in [0.4, 0.5) is 10.1 Å². The van der Waals surface area contributed by atoms with Crippen molar-refractivity contribution in [3.8, 4) is 22.9 Å². The maximum absolute atomic E-state index is 14.6. The van der Waals surface area contributed by atoms with Gasteiger partial charge in [-0.05, 0) is 62.2 Å². The van der Waals surface area contributed by atoms with Gasteiger partial charge in [0.05, 0.1) is 27.0 Å². The van der Waals surface area contributed by atoms with Gasteiger partial charge in [-0.2, -0.15) is 5.10 Å². The van der Waals surface area contributed by atoms with E-state index in [0.29, 0.717) is 35.0 Å². The van der Waals surface area contributed by atoms with Gasteiger partial charge in [0.2, 0.25) is 11.7 Å². The third kappa shape index (κ3) is 4.96. The molecule has 1 amide bonds. The summed E-state index contributed by atoms with van der Waals surface area (Å²) < 4.78 is 32.1. The van der Waals surface area contributed by atoms with Crippen molar-refractivity contribution in [1.82, 2.24) is 9.78 Å². The van der Waals surface area contributed by atoms with E-state index in [0.717, 1.165) is 17.0 Å². The van der Waals surface area contributed by atoms with Gasteiger partial charge in [-0.15, -0.1) is 0 Å². The number of hydrogen-bond donors (Lipinski definition) is 1. The van der Waals surface area contributed by atoms with Crippen LogP contribution < -0.4 is 19.5 Å². The lowest BCUT2D eigenvalue weighted by molar-refractivity contribution is -0.116. The molecule has 0 unspecified atom stereocenters. The maximum atomic E-state index is 14.6. The number of aromatic nitrogens is 2. The first kappa shape index (κ1) is 22.1. The fraction of sp³-hybridized carbons (Fsp3) is 0.304. The Morgan fingerprint density at radius 1 is 1.03 bits per heavy atom. The van der Waals surface area contributed by atoms with Crippen LogP contribution >= 0.6 is 0 Å². The molecule has 0 atom stereocenters. The average molecular weight is 427 g/mol. The summed E-state index contributed by atoms with van der Waals surface area (Å²) in [5.41, 5.74) is 3.22. The Balaban J connectivity index is 1.68. The van der Waals surface area contributed by atoms with E-state index in [1.54, 1.807) is 28.9 Å². The molecule has 0 saturated heterocycles. The van der Waals surface area contributed by atoms with Gasteiger partial charge in [0, 0.05) is 17.8 Å². The third-order valence-corrected chi connectivity index (χ3v) is 4.83. The summed E-state index contributed by atoms with van der Waals surface area (Å²) in [5.74, 6) is 0.857. The van der Waals surface area contributed by atoms with Crippen molar-refractivity contribution in [2.75, 3.05) is 26.6 Å². The second-order valence-electron chi connectivity index (χ2n) is 7.09. The number of anilines is 1. The maximum Gasteiger partial charge on any atom is 0.224 e. The van der Waals surface area contributed by atoms with E-state index in [9.17, 15) is 9.18 Å². The molecule has 2 aromatic carbocycles. The van der Waals surface area contributed by atoms with E-state index in [-0.39, 0.29) is 12.3 Å². The minimum absolute atomic E-state index is 0.208. The molecule has 8 heteroatoms. The van der Waals surface area contributed by atoms with Gasteiger partial charge in [0.15, 0.2) is 17.3 Å². The van der Waals surface area contributed by atoms with E-state index in [2.05, 4.69) is 10.4 Å². The molecule has 3 rings (SSSR count). The Morgan fingerprint density at radius 2 is 1.71 bits per heavy atom. The van der Waals surface area contributed by atoms with E-state index in [1.165, 1.54) is 27.4 Å². The summed E-state index contributed by atoms with van der Waals surface area (Å²) in [7, 11) is 4.61. The number of halogens is 1. The molecule has 0 aliphatic heterocycles. The monoisotopic (exact) mass is 427 g/mol. The fourth-order valence-corrected chi connectivity index (χ4v) is 3.39. The molecule has 0 radical (unpaired) electrons. The van der Waals surface area contributed by atoms with Crippen LogP contribution in [0.25, 0.3) is 5.69 Å². The summed E-state index contributed by atoms with van der Waals surface area (Å²) in [6.07, 6.45) is 0.661. The predicted molar refractivity (Wildman–Crippen MR) is 116 cm³/mol. The number of benzene rings is 2. The van der Waals surface area contributed by atoms with Crippen molar-refractivity contribution in [2.45, 2.75) is 26.7 Å². The summed E-state index contributed by atoms with van der Waals surface area (Å²) in [5, 5.41) is 7.03. The summed E-state index contributed by atoms with van der Waals surface area (Å²) in [4.78, 5) is 12.4. The number of rotatable bonds is 8. The van der Waals surface area contributed by atoms with Gasteiger partial charge in [-0.3, -0.25) is 4.79 Å². The van der Waals surface area contributed by atoms with Crippen molar-refractivity contribution >= 4 is 11.6 Å². The zero-order valence-corrected chi connectivity index (χ0v) is 18.3. The standard InChI is InChI=1S/C23H26FN3O4/c1-14-10-15(2)27(26-14)19-8-7-17(13-18(19)24)25-22(28)9-6-16-11-20(29-3)23(31-5)21(12-16)30-4/h7-8,10-13H,6,9H2,1-5H3,(H,25,28). The summed E-state index contributed by atoms with van der Waals surface area (Å²) in [6, 6.07) is 10.0. The molecule has 0 aliphatic carbocycles. The van der Waals surface area contributed by atoms with Crippen molar-refractivity contribution in [2.24, 2.45) is 0 Å². The van der Waals surface area contributed by atoms with Crippen molar-refractivity contribution < 1.29 is 23.4 Å². The number of nitrogens with one attached hydrogen (secondary N) is 1. The number of methoxy groups -OCH3 is 3. The molecule has 164 valence electrons. The number of aryl methyl sites for hydroxylation is 3. The average Bonchev–Trinajstić information content (AvgIpc) is 3.09. The zero-order valence-electron chi connectivity index (χ0n) is 18.3. The van der Waals surface area contributed by atoms with Crippen molar-refractivity contribution in [1.29, 1.82) is 0 Å². The molecule has 0 spiro atoms. The van der Waals surface area contributed by atoms with Gasteiger partial charge in [-0.1, -0.05) is 0 Å². The van der Waals surface area contributed by atoms with Gasteiger partial charge in [-0.25, -0.2) is 9.07 Å². The smallest absolute Gasteiger partial charge is 0.224 e. The largest absolute Gasteiger partial charge is 0.493 e. The Kier molecular flexibility index (Phi) is 6.79. The Labute approximate surface area is 180 Å². The SMILES string of the molecule is COc1cc(CCC(=O)Nc2ccc(-n3nc(C)cc3C)c(F)c2)cc(OC)c1OC. The molecular formula is C23H26FN3O4. The van der Waals surface area contributed by atoms with Crippen LogP contribution in [-0.4, -0.2) is 37.0 Å². The van der Waals surface area contributed by atoms with Crippen molar-refractivity contribution in [3.63, 3.8) is 0 Å². The molecule has 1 aromatic heterocycles. The first-order valence-corrected chi connectivity index (χ1v) is 9.78. The van der Waals surface area contributed by atoms with E-state index >= 15 is 0 Å². The van der Waals surface area contributed by atoms with Gasteiger partial charge < -0.3 is 19.5 Å². The van der Waals surface area contributed by atoms with E-state index < -0.39 is 5.82 Å². The third-order valence-electron chi connectivity index (χ3n) is 4.83. The summed E-state index contributed by atoms with van der Waals surface area (Å²) in [6.45, 7) is 3.71. The van der Waals surface area contributed by atoms with E-state index in [1.807, 2.05) is 19.9 Å². The predicted octanol–water partition coefficient (Wildman–Crippen LogP) is 4.23. The highest BCUT2D eigenvalue weighted by molar-refractivity contribution is 5.91. The number of ether oxygens (including phenoxy) is 3. The second-order valence-corrected chi connectivity index (χ2v) is 7.09. The van der Waals surface area contributed by atoms with Crippen LogP contribution in [-0.2, 0) is 11.2 Å². The molecule has 0 fully saturated rings. The quantitative estimate of drug-likeness (QED) is 0.583. The molecule has 31 heavy (non-hydrogen) atoms. The molecule has 0 bridgehead atoms. The Bertz CT molecular complexity index is 1070. The topological polar surface area (TPSA) is 74.6 Å². The van der Waals surface area contributed by atoms with E-state index in [4.69, 9.17) is 14.2 Å². The lowest BCUT2D eigenvalue weighted by Crippen LogP contribution is -2.13. The summed E-state index contributed by atoms with van der Waals surface area (Å²) >= 11 is 0. The molecule has 0 aliphatic rings. The Morgan fingerprint density at radius 3 is 2.23 bits per heavy atom. The second kappa shape index (κ2) is 9.51. The molecular weight excluding hydrogens is 401 g/mol. The van der Waals surface area contributed by atoms with Crippen LogP contribution in [0.15, 0.2) is 36.4 Å². The minimum Gasteiger partial charge on any atom is -0.493 e. The van der Waals surface area contributed by atoms with Crippen LogP contribution in [0.3, 0.4) is 0 Å². The van der Waals surface area contributed by atoms with Crippen LogP contribution in [0, 0.1) is 19.7 Å². The molecule has 3 aromatic rings. The number of nitrogens with zero attached hydrogens (tertiary/aromatic N) is 2. The molecule has 1 N–H and O–H groups in total. The first-order chi connectivity index (χ1) is 14.9. The Hall–Kier alpha value is -3.55. The van der Waals surface area contributed by atoms with Gasteiger partial charge in [0.25, 0.3) is 0 Å². The molecule has 0 saturated carbocycles. The van der Waals surface area contributed by atoms with Gasteiger partial charge in [0.1, 0.15) is 5.69 Å². The molecule has 1 heterocycles. The van der Waals surface area contributed by atoms with Crippen LogP contribution in [0.1, 0.15) is 23.4 Å². The normalized spacial score (nSPS) is 10.6. The van der Waals surface area contributed by atoms with Gasteiger partial charge >= 0.3 is 0 Å². The zero-order chi connectivity index (χ0) is 22.5. The fourth-order valence-electron chi connectivity index (χ4n) is 3.39. The van der Waals surface area contributed by atoms with Crippen LogP contribution in [0.5, 0.6) is 17.2 Å². The lowest BCUT2D eigenvalue weighted by Gasteiger charge is -2.14.